The van der Waals surface area contributed by atoms with Gasteiger partial charge in [-0.25, -0.2) is 4.98 Å². The molecular weight excluding hydrogens is 390 g/mol. The molecule has 3 aromatic rings. The summed E-state index contributed by atoms with van der Waals surface area (Å²) in [7, 11) is 0. The van der Waals surface area contributed by atoms with E-state index in [0.29, 0.717) is 18.8 Å². The number of thiazole rings is 1. The molecule has 1 aliphatic rings. The molecule has 3 heterocycles. The van der Waals surface area contributed by atoms with Crippen molar-refractivity contribution in [3.8, 4) is 0 Å². The molecule has 6 nitrogen and oxygen atoms in total. The summed E-state index contributed by atoms with van der Waals surface area (Å²) in [6.07, 6.45) is 2.08. The van der Waals surface area contributed by atoms with E-state index in [0.717, 1.165) is 29.4 Å². The minimum Gasteiger partial charge on any atom is -0.345 e. The Morgan fingerprint density at radius 3 is 2.61 bits per heavy atom. The summed E-state index contributed by atoms with van der Waals surface area (Å²) in [6.45, 7) is 9.13. The number of nitrogens with zero attached hydrogens (tertiary/aromatic N) is 5. The van der Waals surface area contributed by atoms with E-state index in [2.05, 4.69) is 48.3 Å². The molecule has 1 amide bonds. The number of para-hydroxylation sites is 1. The van der Waals surface area contributed by atoms with Gasteiger partial charge < -0.3 is 9.80 Å². The van der Waals surface area contributed by atoms with Gasteiger partial charge >= 0.3 is 0 Å². The Bertz CT molecular complexity index is 1000. The standard InChI is InChI=1S/C20H25N5OS2/c1-13(2)25-14(3)12-15(22-25)19(26)23-8-10-24(11-9-23)20-21-18-16(27-4)6-5-7-17(18)28-20/h5-7,12-13H,8-11H2,1-4H3. The molecule has 0 bridgehead atoms. The summed E-state index contributed by atoms with van der Waals surface area (Å²) in [6, 6.07) is 8.48. The average Bonchev–Trinajstić information content (AvgIpc) is 3.31. The molecule has 2 aromatic heterocycles. The Labute approximate surface area is 173 Å². The molecule has 1 aliphatic heterocycles. The van der Waals surface area contributed by atoms with E-state index in [1.54, 1.807) is 23.1 Å². The summed E-state index contributed by atoms with van der Waals surface area (Å²) in [4.78, 5) is 23.2. The highest BCUT2D eigenvalue weighted by molar-refractivity contribution is 7.98. The fourth-order valence-electron chi connectivity index (χ4n) is 3.59. The highest BCUT2D eigenvalue weighted by Gasteiger charge is 2.26. The maximum Gasteiger partial charge on any atom is 0.274 e. The van der Waals surface area contributed by atoms with Crippen LogP contribution in [0, 0.1) is 6.92 Å². The summed E-state index contributed by atoms with van der Waals surface area (Å²) < 4.78 is 3.13. The Balaban J connectivity index is 1.46. The third-order valence-corrected chi connectivity index (χ3v) is 6.91. The first-order chi connectivity index (χ1) is 13.5. The Morgan fingerprint density at radius 1 is 1.21 bits per heavy atom. The maximum absolute atomic E-state index is 12.9. The van der Waals surface area contributed by atoms with Crippen molar-refractivity contribution in [1.29, 1.82) is 0 Å². The van der Waals surface area contributed by atoms with Crippen molar-refractivity contribution < 1.29 is 4.79 Å². The zero-order chi connectivity index (χ0) is 19.8. The first kappa shape index (κ1) is 19.3. The molecule has 4 rings (SSSR count). The topological polar surface area (TPSA) is 54.3 Å². The minimum absolute atomic E-state index is 0.0242. The van der Waals surface area contributed by atoms with Crippen molar-refractivity contribution in [1.82, 2.24) is 19.7 Å². The summed E-state index contributed by atoms with van der Waals surface area (Å²) >= 11 is 3.46. The molecule has 1 saturated heterocycles. The van der Waals surface area contributed by atoms with E-state index in [4.69, 9.17) is 4.98 Å². The van der Waals surface area contributed by atoms with E-state index in [9.17, 15) is 4.79 Å². The lowest BCUT2D eigenvalue weighted by atomic mass is 10.2. The van der Waals surface area contributed by atoms with Crippen LogP contribution in [0.15, 0.2) is 29.2 Å². The molecule has 0 N–H and O–H groups in total. The molecule has 0 atom stereocenters. The van der Waals surface area contributed by atoms with Gasteiger partial charge in [0.15, 0.2) is 10.8 Å². The lowest BCUT2D eigenvalue weighted by molar-refractivity contribution is 0.0739. The number of rotatable bonds is 4. The van der Waals surface area contributed by atoms with Gasteiger partial charge in [-0.1, -0.05) is 17.4 Å². The summed E-state index contributed by atoms with van der Waals surface area (Å²) in [5.41, 5.74) is 2.66. The third-order valence-electron chi connectivity index (χ3n) is 5.06. The number of benzene rings is 1. The van der Waals surface area contributed by atoms with Crippen LogP contribution in [0.3, 0.4) is 0 Å². The zero-order valence-electron chi connectivity index (χ0n) is 16.7. The van der Waals surface area contributed by atoms with Crippen LogP contribution in [0.2, 0.25) is 0 Å². The number of anilines is 1. The third kappa shape index (κ3) is 3.51. The highest BCUT2D eigenvalue weighted by atomic mass is 32.2. The van der Waals surface area contributed by atoms with Gasteiger partial charge in [-0.15, -0.1) is 11.8 Å². The molecule has 1 aromatic carbocycles. The number of aromatic nitrogens is 3. The monoisotopic (exact) mass is 415 g/mol. The van der Waals surface area contributed by atoms with Crippen molar-refractivity contribution in [2.45, 2.75) is 31.7 Å². The molecule has 1 fully saturated rings. The number of thioether (sulfide) groups is 1. The lowest BCUT2D eigenvalue weighted by Crippen LogP contribution is -2.48. The van der Waals surface area contributed by atoms with Gasteiger partial charge in [0, 0.05) is 42.8 Å². The number of carbonyl (C=O) groups excluding carboxylic acids is 1. The Morgan fingerprint density at radius 2 is 1.96 bits per heavy atom. The highest BCUT2D eigenvalue weighted by Crippen LogP contribution is 2.34. The first-order valence-electron chi connectivity index (χ1n) is 9.52. The van der Waals surface area contributed by atoms with Gasteiger partial charge in [-0.05, 0) is 45.2 Å². The number of hydrogen-bond acceptors (Lipinski definition) is 6. The largest absolute Gasteiger partial charge is 0.345 e. The van der Waals surface area contributed by atoms with Gasteiger partial charge in [0.25, 0.3) is 5.91 Å². The zero-order valence-corrected chi connectivity index (χ0v) is 18.3. The molecule has 0 saturated carbocycles. The van der Waals surface area contributed by atoms with Crippen LogP contribution in [0.4, 0.5) is 5.13 Å². The fraction of sp³-hybridized carbons (Fsp3) is 0.450. The minimum atomic E-state index is 0.0242. The smallest absolute Gasteiger partial charge is 0.274 e. The van der Waals surface area contributed by atoms with Crippen molar-refractivity contribution >= 4 is 44.4 Å². The normalized spacial score (nSPS) is 15.0. The van der Waals surface area contributed by atoms with Gasteiger partial charge in [0.05, 0.1) is 10.2 Å². The second-order valence-corrected chi connectivity index (χ2v) is 9.15. The van der Waals surface area contributed by atoms with Crippen LogP contribution in [0.25, 0.3) is 10.2 Å². The van der Waals surface area contributed by atoms with Crippen molar-refractivity contribution in [3.63, 3.8) is 0 Å². The van der Waals surface area contributed by atoms with Crippen LogP contribution in [0.1, 0.15) is 36.1 Å². The molecule has 28 heavy (non-hydrogen) atoms. The molecular formula is C20H25N5OS2. The van der Waals surface area contributed by atoms with Crippen molar-refractivity contribution in [2.75, 3.05) is 37.3 Å². The predicted molar refractivity (Wildman–Crippen MR) is 117 cm³/mol. The molecule has 0 spiro atoms. The number of piperazine rings is 1. The maximum atomic E-state index is 12.9. The summed E-state index contributed by atoms with van der Waals surface area (Å²) in [5, 5.41) is 5.55. The summed E-state index contributed by atoms with van der Waals surface area (Å²) in [5.74, 6) is 0.0242. The van der Waals surface area contributed by atoms with Gasteiger partial charge in [-0.3, -0.25) is 9.48 Å². The van der Waals surface area contributed by atoms with Crippen LogP contribution >= 0.6 is 23.1 Å². The number of fused-ring (bicyclic) bond motifs is 1. The van der Waals surface area contributed by atoms with Gasteiger partial charge in [-0.2, -0.15) is 5.10 Å². The van der Waals surface area contributed by atoms with Crippen molar-refractivity contribution in [2.24, 2.45) is 0 Å². The Hall–Kier alpha value is -2.06. The molecule has 0 radical (unpaired) electrons. The number of hydrogen-bond donors (Lipinski definition) is 0. The molecule has 0 aliphatic carbocycles. The van der Waals surface area contributed by atoms with Crippen LogP contribution in [-0.4, -0.2) is 58.0 Å². The van der Waals surface area contributed by atoms with Crippen molar-refractivity contribution in [3.05, 3.63) is 35.7 Å². The fourth-order valence-corrected chi connectivity index (χ4v) is 5.26. The first-order valence-corrected chi connectivity index (χ1v) is 11.6. The van der Waals surface area contributed by atoms with E-state index in [1.807, 2.05) is 22.6 Å². The van der Waals surface area contributed by atoms with E-state index in [-0.39, 0.29) is 11.9 Å². The van der Waals surface area contributed by atoms with Gasteiger partial charge in [0.2, 0.25) is 0 Å². The second kappa shape index (κ2) is 7.75. The SMILES string of the molecule is CSc1cccc2sc(N3CCN(C(=O)c4cc(C)n(C(C)C)n4)CC3)nc12. The van der Waals surface area contributed by atoms with E-state index >= 15 is 0 Å². The lowest BCUT2D eigenvalue weighted by Gasteiger charge is -2.34. The number of aryl methyl sites for hydroxylation is 1. The molecule has 0 unspecified atom stereocenters. The quantitative estimate of drug-likeness (QED) is 0.601. The Kier molecular flexibility index (Phi) is 5.33. The van der Waals surface area contributed by atoms with E-state index in [1.165, 1.54) is 9.60 Å². The number of carbonyl (C=O) groups is 1. The molecule has 8 heteroatoms. The van der Waals surface area contributed by atoms with Crippen LogP contribution in [0.5, 0.6) is 0 Å². The molecule has 148 valence electrons. The van der Waals surface area contributed by atoms with Crippen LogP contribution < -0.4 is 4.90 Å². The average molecular weight is 416 g/mol. The van der Waals surface area contributed by atoms with Crippen LogP contribution in [-0.2, 0) is 0 Å². The number of amides is 1. The second-order valence-electron chi connectivity index (χ2n) is 7.29. The van der Waals surface area contributed by atoms with E-state index < -0.39 is 0 Å². The van der Waals surface area contributed by atoms with Gasteiger partial charge in [0.1, 0.15) is 0 Å². The predicted octanol–water partition coefficient (Wildman–Crippen LogP) is 4.07.